The number of amides is 1. The number of nitrogens with one attached hydrogen (secondary N) is 2. The van der Waals surface area contributed by atoms with Crippen LogP contribution in [0.1, 0.15) is 45.0 Å². The molecule has 1 saturated heterocycles. The molecule has 0 bridgehead atoms. The minimum atomic E-state index is 0. The molecule has 1 amide bonds. The van der Waals surface area contributed by atoms with Crippen LogP contribution in [0.5, 0.6) is 0 Å². The minimum absolute atomic E-state index is 0. The summed E-state index contributed by atoms with van der Waals surface area (Å²) in [6, 6.07) is 0. The van der Waals surface area contributed by atoms with Crippen molar-refractivity contribution in [2.75, 3.05) is 18.4 Å². The second-order valence-electron chi connectivity index (χ2n) is 6.42. The van der Waals surface area contributed by atoms with Gasteiger partial charge in [0, 0.05) is 12.8 Å². The third kappa shape index (κ3) is 6.18. The van der Waals surface area contributed by atoms with Crippen molar-refractivity contribution < 1.29 is 4.79 Å². The maximum atomic E-state index is 12.1. The Hall–Kier alpha value is -0.720. The Morgan fingerprint density at radius 3 is 2.64 bits per heavy atom. The normalized spacial score (nSPS) is 17.1. The van der Waals surface area contributed by atoms with Crippen molar-refractivity contribution in [3.8, 4) is 0 Å². The van der Waals surface area contributed by atoms with Gasteiger partial charge in [-0.3, -0.25) is 4.79 Å². The van der Waals surface area contributed by atoms with E-state index >= 15 is 0 Å². The zero-order valence-corrected chi connectivity index (χ0v) is 15.2. The molecule has 2 rings (SSSR count). The highest BCUT2D eigenvalue weighted by Crippen LogP contribution is 2.25. The maximum absolute atomic E-state index is 12.1. The van der Waals surface area contributed by atoms with Gasteiger partial charge in [0.15, 0.2) is 0 Å². The first-order chi connectivity index (χ1) is 10.0. The summed E-state index contributed by atoms with van der Waals surface area (Å²) in [5, 5.41) is 16.1. The summed E-state index contributed by atoms with van der Waals surface area (Å²) in [6.07, 6.45) is 3.83. The number of anilines is 1. The van der Waals surface area contributed by atoms with Gasteiger partial charge in [-0.1, -0.05) is 32.1 Å². The van der Waals surface area contributed by atoms with Gasteiger partial charge in [0.25, 0.3) is 0 Å². The number of hydrogen-bond donors (Lipinski definition) is 2. The second-order valence-corrected chi connectivity index (χ2v) is 7.48. The fourth-order valence-electron chi connectivity index (χ4n) is 2.78. The second kappa shape index (κ2) is 9.43. The van der Waals surface area contributed by atoms with Crippen LogP contribution < -0.4 is 10.6 Å². The van der Waals surface area contributed by atoms with Crippen LogP contribution in [-0.4, -0.2) is 29.2 Å². The molecule has 1 aliphatic heterocycles. The van der Waals surface area contributed by atoms with Gasteiger partial charge in [0.1, 0.15) is 5.01 Å². The van der Waals surface area contributed by atoms with E-state index in [2.05, 4.69) is 41.6 Å². The highest BCUT2D eigenvalue weighted by atomic mass is 35.5. The molecule has 0 spiro atoms. The Kier molecular flexibility index (Phi) is 8.28. The van der Waals surface area contributed by atoms with Crippen molar-refractivity contribution in [2.45, 2.75) is 46.5 Å². The van der Waals surface area contributed by atoms with E-state index in [9.17, 15) is 4.79 Å². The van der Waals surface area contributed by atoms with Crippen LogP contribution in [0.25, 0.3) is 0 Å². The lowest BCUT2D eigenvalue weighted by molar-refractivity contribution is -0.117. The summed E-state index contributed by atoms with van der Waals surface area (Å²) in [5.74, 6) is 1.70. The first kappa shape index (κ1) is 19.3. The summed E-state index contributed by atoms with van der Waals surface area (Å²) in [4.78, 5) is 12.1. The summed E-state index contributed by atoms with van der Waals surface area (Å²) < 4.78 is 0. The molecule has 1 aliphatic rings. The fourth-order valence-corrected chi connectivity index (χ4v) is 3.75. The zero-order valence-electron chi connectivity index (χ0n) is 13.6. The van der Waals surface area contributed by atoms with Gasteiger partial charge in [-0.2, -0.15) is 0 Å². The van der Waals surface area contributed by atoms with Gasteiger partial charge in [-0.25, -0.2) is 0 Å². The number of carbonyl (C=O) groups excluding carboxylic acids is 1. The van der Waals surface area contributed by atoms with E-state index in [0.29, 0.717) is 29.3 Å². The molecule has 5 nitrogen and oxygen atoms in total. The molecule has 1 unspecified atom stereocenters. The van der Waals surface area contributed by atoms with Gasteiger partial charge in [0.2, 0.25) is 11.0 Å². The van der Waals surface area contributed by atoms with Crippen molar-refractivity contribution in [1.29, 1.82) is 0 Å². The third-order valence-electron chi connectivity index (χ3n) is 3.99. The lowest BCUT2D eigenvalue weighted by Gasteiger charge is -2.27. The van der Waals surface area contributed by atoms with Gasteiger partial charge in [-0.15, -0.1) is 22.6 Å². The first-order valence-electron chi connectivity index (χ1n) is 7.87. The number of hydrogen-bond acceptors (Lipinski definition) is 5. The van der Waals surface area contributed by atoms with E-state index < -0.39 is 0 Å². The van der Waals surface area contributed by atoms with Crippen LogP contribution in [-0.2, 0) is 11.2 Å². The number of rotatable bonds is 6. The van der Waals surface area contributed by atoms with E-state index in [1.165, 1.54) is 24.2 Å². The van der Waals surface area contributed by atoms with E-state index in [-0.39, 0.29) is 18.3 Å². The lowest BCUT2D eigenvalue weighted by Crippen LogP contribution is -2.32. The molecule has 0 aliphatic carbocycles. The van der Waals surface area contributed by atoms with Crippen molar-refractivity contribution in [3.05, 3.63) is 5.01 Å². The molecule has 126 valence electrons. The van der Waals surface area contributed by atoms with Crippen LogP contribution >= 0.6 is 23.7 Å². The molecule has 2 N–H and O–H groups in total. The van der Waals surface area contributed by atoms with Crippen molar-refractivity contribution in [2.24, 2.45) is 17.8 Å². The average Bonchev–Trinajstić information content (AvgIpc) is 2.85. The van der Waals surface area contributed by atoms with E-state index in [4.69, 9.17) is 0 Å². The zero-order chi connectivity index (χ0) is 15.2. The monoisotopic (exact) mass is 346 g/mol. The summed E-state index contributed by atoms with van der Waals surface area (Å²) in [5.41, 5.74) is 0. The van der Waals surface area contributed by atoms with Gasteiger partial charge in [-0.05, 0) is 43.7 Å². The third-order valence-corrected chi connectivity index (χ3v) is 4.85. The van der Waals surface area contributed by atoms with E-state index in [0.717, 1.165) is 24.5 Å². The maximum Gasteiger partial charge on any atom is 0.226 e. The van der Waals surface area contributed by atoms with Gasteiger partial charge >= 0.3 is 0 Å². The molecule has 1 aromatic heterocycles. The minimum Gasteiger partial charge on any atom is -0.317 e. The molecule has 1 atom stereocenters. The number of piperidine rings is 1. The molecule has 0 radical (unpaired) electrons. The highest BCUT2D eigenvalue weighted by Gasteiger charge is 2.22. The Labute approximate surface area is 143 Å². The quantitative estimate of drug-likeness (QED) is 0.830. The molecule has 7 heteroatoms. The number of carbonyl (C=O) groups is 1. The molecule has 22 heavy (non-hydrogen) atoms. The molecular weight excluding hydrogens is 320 g/mol. The first-order valence-corrected chi connectivity index (χ1v) is 8.69. The van der Waals surface area contributed by atoms with Crippen molar-refractivity contribution in [1.82, 2.24) is 15.5 Å². The summed E-state index contributed by atoms with van der Waals surface area (Å²) >= 11 is 1.49. The molecule has 0 saturated carbocycles. The van der Waals surface area contributed by atoms with Crippen molar-refractivity contribution in [3.63, 3.8) is 0 Å². The van der Waals surface area contributed by atoms with Crippen LogP contribution in [0.2, 0.25) is 0 Å². The number of aromatic nitrogens is 2. The Bertz CT molecular complexity index is 460. The largest absolute Gasteiger partial charge is 0.317 e. The Balaban J connectivity index is 0.00000242. The molecule has 0 aromatic carbocycles. The number of halogens is 1. The number of nitrogens with zero attached hydrogens (tertiary/aromatic N) is 2. The molecular formula is C15H27ClN4OS. The average molecular weight is 347 g/mol. The van der Waals surface area contributed by atoms with E-state index in [1.54, 1.807) is 0 Å². The lowest BCUT2D eigenvalue weighted by atomic mass is 9.84. The van der Waals surface area contributed by atoms with Crippen LogP contribution in [0.3, 0.4) is 0 Å². The standard InChI is InChI=1S/C15H26N4OS.ClH/c1-10(2)8-14-18-19-15(21-14)17-13(20)9-11(3)12-4-6-16-7-5-12;/h10-12,16H,4-9H2,1-3H3,(H,17,19,20);1H. The van der Waals surface area contributed by atoms with Crippen LogP contribution in [0.15, 0.2) is 0 Å². The fraction of sp³-hybridized carbons (Fsp3) is 0.800. The predicted molar refractivity (Wildman–Crippen MR) is 93.7 cm³/mol. The molecule has 1 fully saturated rings. The molecule has 1 aromatic rings. The SMILES string of the molecule is CC(C)Cc1nnc(NC(=O)CC(C)C2CCNCC2)s1.Cl. The predicted octanol–water partition coefficient (Wildman–Crippen LogP) is 3.12. The summed E-state index contributed by atoms with van der Waals surface area (Å²) in [7, 11) is 0. The summed E-state index contributed by atoms with van der Waals surface area (Å²) in [6.45, 7) is 8.64. The Morgan fingerprint density at radius 2 is 2.00 bits per heavy atom. The smallest absolute Gasteiger partial charge is 0.226 e. The Morgan fingerprint density at radius 1 is 1.32 bits per heavy atom. The van der Waals surface area contributed by atoms with E-state index in [1.807, 2.05) is 0 Å². The van der Waals surface area contributed by atoms with Gasteiger partial charge < -0.3 is 10.6 Å². The topological polar surface area (TPSA) is 66.9 Å². The van der Waals surface area contributed by atoms with Crippen molar-refractivity contribution >= 4 is 34.8 Å². The van der Waals surface area contributed by atoms with Gasteiger partial charge in [0.05, 0.1) is 0 Å². The van der Waals surface area contributed by atoms with Crippen LogP contribution in [0.4, 0.5) is 5.13 Å². The van der Waals surface area contributed by atoms with Crippen LogP contribution in [0, 0.1) is 17.8 Å². The highest BCUT2D eigenvalue weighted by molar-refractivity contribution is 7.15. The molecule has 2 heterocycles.